The molecule has 0 radical (unpaired) electrons. The van der Waals surface area contributed by atoms with Crippen molar-refractivity contribution in [2.75, 3.05) is 33.0 Å². The van der Waals surface area contributed by atoms with Crippen molar-refractivity contribution >= 4 is 16.9 Å². The number of aromatic nitrogens is 1. The zero-order chi connectivity index (χ0) is 22.1. The smallest absolute Gasteiger partial charge is 0.343 e. The van der Waals surface area contributed by atoms with E-state index in [0.29, 0.717) is 42.2 Å². The summed E-state index contributed by atoms with van der Waals surface area (Å²) in [5, 5.41) is 0.311. The summed E-state index contributed by atoms with van der Waals surface area (Å²) < 4.78 is 27.6. The number of H-pyrrole nitrogens is 1. The molecule has 0 aliphatic carbocycles. The molecule has 2 rings (SSSR count). The number of rotatable bonds is 12. The summed E-state index contributed by atoms with van der Waals surface area (Å²) in [6.45, 7) is 11.1. The van der Waals surface area contributed by atoms with E-state index < -0.39 is 11.4 Å². The van der Waals surface area contributed by atoms with Crippen LogP contribution in [0, 0.1) is 0 Å². The molecule has 1 N–H and O–H groups in total. The Bertz CT molecular complexity index is 889. The molecule has 0 amide bonds. The lowest BCUT2D eigenvalue weighted by molar-refractivity contribution is 0.0492. The van der Waals surface area contributed by atoms with E-state index in [4.69, 9.17) is 23.7 Å². The van der Waals surface area contributed by atoms with Crippen molar-refractivity contribution in [2.24, 2.45) is 0 Å². The standard InChI is InChI=1S/C22H31NO7/c1-6-26-22(25)17-13-23-18-12-20(30-10-8-28-15(4)5)19(11-16(18)21(17)24)29-9-7-27-14(2)3/h11-15H,6-10H2,1-5H3,(H,23,24). The maximum absolute atomic E-state index is 12.8. The lowest BCUT2D eigenvalue weighted by Gasteiger charge is -2.15. The number of fused-ring (bicyclic) bond motifs is 1. The van der Waals surface area contributed by atoms with Gasteiger partial charge in [-0.25, -0.2) is 4.79 Å². The van der Waals surface area contributed by atoms with Gasteiger partial charge in [-0.3, -0.25) is 4.79 Å². The second-order valence-electron chi connectivity index (χ2n) is 7.13. The van der Waals surface area contributed by atoms with Crippen LogP contribution in [0.3, 0.4) is 0 Å². The minimum atomic E-state index is -0.667. The molecule has 0 saturated heterocycles. The first-order valence-electron chi connectivity index (χ1n) is 10.2. The van der Waals surface area contributed by atoms with Crippen LogP contribution in [0.5, 0.6) is 11.5 Å². The molecule has 0 aliphatic heterocycles. The van der Waals surface area contributed by atoms with E-state index in [1.165, 1.54) is 6.20 Å². The number of ether oxygens (including phenoxy) is 5. The molecule has 2 aromatic rings. The van der Waals surface area contributed by atoms with Crippen LogP contribution in [0.2, 0.25) is 0 Å². The van der Waals surface area contributed by atoms with Crippen molar-refractivity contribution in [3.8, 4) is 11.5 Å². The maximum atomic E-state index is 12.8. The Hall–Kier alpha value is -2.58. The van der Waals surface area contributed by atoms with Crippen molar-refractivity contribution in [3.63, 3.8) is 0 Å². The third-order valence-corrected chi connectivity index (χ3v) is 4.02. The first kappa shape index (κ1) is 23.7. The van der Waals surface area contributed by atoms with Crippen LogP contribution in [-0.4, -0.2) is 56.2 Å². The fraction of sp³-hybridized carbons (Fsp3) is 0.545. The molecule has 0 aliphatic rings. The fourth-order valence-electron chi connectivity index (χ4n) is 2.68. The first-order valence-corrected chi connectivity index (χ1v) is 10.2. The number of carbonyl (C=O) groups is 1. The van der Waals surface area contributed by atoms with Gasteiger partial charge in [0.15, 0.2) is 11.5 Å². The summed E-state index contributed by atoms with van der Waals surface area (Å²) in [6.07, 6.45) is 1.54. The SMILES string of the molecule is CCOC(=O)c1c[nH]c2cc(OCCOC(C)C)c(OCCOC(C)C)cc2c1=O. The normalized spacial score (nSPS) is 11.3. The summed E-state index contributed by atoms with van der Waals surface area (Å²) >= 11 is 0. The van der Waals surface area contributed by atoms with Gasteiger partial charge in [0.25, 0.3) is 0 Å². The number of pyridine rings is 1. The molecule has 0 fully saturated rings. The molecule has 1 heterocycles. The number of hydrogen-bond acceptors (Lipinski definition) is 7. The van der Waals surface area contributed by atoms with Gasteiger partial charge in [-0.1, -0.05) is 0 Å². The molecule has 8 heteroatoms. The minimum absolute atomic E-state index is 0.0579. The predicted molar refractivity (Wildman–Crippen MR) is 114 cm³/mol. The summed E-state index contributed by atoms with van der Waals surface area (Å²) in [7, 11) is 0. The third-order valence-electron chi connectivity index (χ3n) is 4.02. The third kappa shape index (κ3) is 6.74. The van der Waals surface area contributed by atoms with Gasteiger partial charge >= 0.3 is 5.97 Å². The van der Waals surface area contributed by atoms with Crippen molar-refractivity contribution < 1.29 is 28.5 Å². The van der Waals surface area contributed by atoms with E-state index in [-0.39, 0.29) is 31.0 Å². The molecule has 30 heavy (non-hydrogen) atoms. The molecular weight excluding hydrogens is 390 g/mol. The Kier molecular flexibility index (Phi) is 9.14. The first-order chi connectivity index (χ1) is 14.3. The number of benzene rings is 1. The van der Waals surface area contributed by atoms with Gasteiger partial charge < -0.3 is 28.7 Å². The predicted octanol–water partition coefficient (Wildman–Crippen LogP) is 3.31. The monoisotopic (exact) mass is 421 g/mol. The molecule has 0 spiro atoms. The molecule has 0 bridgehead atoms. The summed E-state index contributed by atoms with van der Waals surface area (Å²) in [5.74, 6) is 0.199. The number of carbonyl (C=O) groups excluding carboxylic acids is 1. The van der Waals surface area contributed by atoms with Crippen molar-refractivity contribution in [1.82, 2.24) is 4.98 Å². The van der Waals surface area contributed by atoms with Gasteiger partial charge in [0.2, 0.25) is 5.43 Å². The Labute approximate surface area is 176 Å². The molecule has 1 aromatic carbocycles. The zero-order valence-electron chi connectivity index (χ0n) is 18.3. The van der Waals surface area contributed by atoms with Gasteiger partial charge in [0, 0.05) is 12.3 Å². The summed E-state index contributed by atoms with van der Waals surface area (Å²) in [4.78, 5) is 27.8. The summed E-state index contributed by atoms with van der Waals surface area (Å²) in [5.41, 5.74) is 0.0382. The van der Waals surface area contributed by atoms with Crippen LogP contribution < -0.4 is 14.9 Å². The van der Waals surface area contributed by atoms with Crippen LogP contribution in [0.4, 0.5) is 0 Å². The largest absolute Gasteiger partial charge is 0.487 e. The van der Waals surface area contributed by atoms with E-state index in [9.17, 15) is 9.59 Å². The molecular formula is C22H31NO7. The van der Waals surface area contributed by atoms with Crippen molar-refractivity contribution in [3.05, 3.63) is 34.1 Å². The summed E-state index contributed by atoms with van der Waals surface area (Å²) in [6, 6.07) is 3.25. The number of hydrogen-bond donors (Lipinski definition) is 1. The highest BCUT2D eigenvalue weighted by Gasteiger charge is 2.17. The number of nitrogens with one attached hydrogen (secondary N) is 1. The number of esters is 1. The van der Waals surface area contributed by atoms with Gasteiger partial charge in [-0.15, -0.1) is 0 Å². The second kappa shape index (κ2) is 11.6. The van der Waals surface area contributed by atoms with E-state index in [2.05, 4.69) is 4.98 Å². The van der Waals surface area contributed by atoms with Gasteiger partial charge in [-0.2, -0.15) is 0 Å². The van der Waals surface area contributed by atoms with Gasteiger partial charge in [0.05, 0.1) is 42.9 Å². The second-order valence-corrected chi connectivity index (χ2v) is 7.13. The lowest BCUT2D eigenvalue weighted by Crippen LogP contribution is -2.18. The molecule has 0 saturated carbocycles. The van der Waals surface area contributed by atoms with E-state index in [1.807, 2.05) is 27.7 Å². The average molecular weight is 421 g/mol. The van der Waals surface area contributed by atoms with Gasteiger partial charge in [0.1, 0.15) is 18.8 Å². The topological polar surface area (TPSA) is 96.1 Å². The molecule has 1 aromatic heterocycles. The molecule has 166 valence electrons. The van der Waals surface area contributed by atoms with Gasteiger partial charge in [-0.05, 0) is 40.7 Å². The molecule has 8 nitrogen and oxygen atoms in total. The van der Waals surface area contributed by atoms with Crippen LogP contribution in [0.15, 0.2) is 23.1 Å². The Morgan fingerprint density at radius 2 is 1.50 bits per heavy atom. The highest BCUT2D eigenvalue weighted by atomic mass is 16.6. The highest BCUT2D eigenvalue weighted by Crippen LogP contribution is 2.31. The Morgan fingerprint density at radius 1 is 0.933 bits per heavy atom. The van der Waals surface area contributed by atoms with Crippen molar-refractivity contribution in [2.45, 2.75) is 46.8 Å². The fourth-order valence-corrected chi connectivity index (χ4v) is 2.68. The van der Waals surface area contributed by atoms with E-state index in [1.54, 1.807) is 19.1 Å². The van der Waals surface area contributed by atoms with Crippen molar-refractivity contribution in [1.29, 1.82) is 0 Å². The van der Waals surface area contributed by atoms with Crippen LogP contribution in [-0.2, 0) is 14.2 Å². The quantitative estimate of drug-likeness (QED) is 0.415. The molecule has 0 unspecified atom stereocenters. The van der Waals surface area contributed by atoms with E-state index in [0.717, 1.165) is 0 Å². The minimum Gasteiger partial charge on any atom is -0.487 e. The van der Waals surface area contributed by atoms with Crippen LogP contribution in [0.25, 0.3) is 10.9 Å². The average Bonchev–Trinajstić information content (AvgIpc) is 2.69. The number of aromatic amines is 1. The molecule has 0 atom stereocenters. The Balaban J connectivity index is 2.31. The maximum Gasteiger partial charge on any atom is 0.343 e. The highest BCUT2D eigenvalue weighted by molar-refractivity contribution is 5.94. The van der Waals surface area contributed by atoms with E-state index >= 15 is 0 Å². The lowest BCUT2D eigenvalue weighted by atomic mass is 10.1. The Morgan fingerprint density at radius 3 is 2.03 bits per heavy atom. The zero-order valence-corrected chi connectivity index (χ0v) is 18.3. The van der Waals surface area contributed by atoms with Crippen LogP contribution >= 0.6 is 0 Å². The van der Waals surface area contributed by atoms with Crippen LogP contribution in [0.1, 0.15) is 45.0 Å².